The van der Waals surface area contributed by atoms with Gasteiger partial charge in [0.2, 0.25) is 0 Å². The number of likely N-dealkylation sites (tertiary alicyclic amines) is 1. The average Bonchev–Trinajstić information content (AvgIpc) is 3.41. The van der Waals surface area contributed by atoms with Crippen LogP contribution in [0.15, 0.2) is 84.4 Å². The second-order valence-electron chi connectivity index (χ2n) is 11.1. The van der Waals surface area contributed by atoms with E-state index in [0.29, 0.717) is 37.4 Å². The summed E-state index contributed by atoms with van der Waals surface area (Å²) >= 11 is 0. The van der Waals surface area contributed by atoms with Crippen molar-refractivity contribution >= 4 is 29.1 Å². The smallest absolute Gasteiger partial charge is 0.410 e. The maximum absolute atomic E-state index is 13.7. The van der Waals surface area contributed by atoms with Crippen molar-refractivity contribution in [2.24, 2.45) is 4.99 Å². The fourth-order valence-electron chi connectivity index (χ4n) is 6.61. The van der Waals surface area contributed by atoms with Crippen LogP contribution in [0.25, 0.3) is 0 Å². The van der Waals surface area contributed by atoms with Gasteiger partial charge in [-0.25, -0.2) is 4.79 Å². The molecule has 0 radical (unpaired) electrons. The Balaban J connectivity index is 1.61. The highest BCUT2D eigenvalue weighted by Crippen LogP contribution is 2.56. The molecule has 0 spiro atoms. The lowest BCUT2D eigenvalue weighted by Gasteiger charge is -2.46. The molecule has 3 aromatic carbocycles. The minimum atomic E-state index is -0.736. The number of carbonyl (C=O) groups excluding carboxylic acids is 2. The van der Waals surface area contributed by atoms with Gasteiger partial charge in [0.1, 0.15) is 6.61 Å². The number of hydrogen-bond donors (Lipinski definition) is 0. The van der Waals surface area contributed by atoms with E-state index in [1.54, 1.807) is 26.0 Å². The summed E-state index contributed by atoms with van der Waals surface area (Å²) in [7, 11) is 5.25. The number of methoxy groups -OCH3 is 2. The predicted molar refractivity (Wildman–Crippen MR) is 175 cm³/mol. The standard InChI is InChI=1S/C36H41N3O6/c1-6-22-38(3)29-18-17-27(32(42-4)33(29)43-5)36-21-23-39(35(41)45-24-25-13-9-8-10-14-25)30(19-20-31(40)44-7-2)34(36)37-28-16-12-11-15-26(28)36/h6,8-18,30H,1,7,19-24H2,2-5H3. The van der Waals surface area contributed by atoms with Crippen molar-refractivity contribution in [3.63, 3.8) is 0 Å². The van der Waals surface area contributed by atoms with E-state index in [2.05, 4.69) is 18.7 Å². The topological polar surface area (TPSA) is 89.9 Å². The van der Waals surface area contributed by atoms with Gasteiger partial charge in [-0.3, -0.25) is 14.7 Å². The van der Waals surface area contributed by atoms with Gasteiger partial charge in [-0.05, 0) is 43.0 Å². The number of para-hydroxylation sites is 1. The first-order valence-electron chi connectivity index (χ1n) is 15.3. The van der Waals surface area contributed by atoms with Gasteiger partial charge in [-0.15, -0.1) is 6.58 Å². The van der Waals surface area contributed by atoms with Crippen LogP contribution >= 0.6 is 0 Å². The molecular formula is C36H41N3O6. The Morgan fingerprint density at radius 2 is 1.73 bits per heavy atom. The molecule has 0 N–H and O–H groups in total. The number of hydrogen-bond acceptors (Lipinski definition) is 8. The number of carbonyl (C=O) groups is 2. The van der Waals surface area contributed by atoms with Crippen LogP contribution in [0.4, 0.5) is 16.2 Å². The summed E-state index contributed by atoms with van der Waals surface area (Å²) in [5.74, 6) is 0.876. The molecule has 1 fully saturated rings. The maximum Gasteiger partial charge on any atom is 0.410 e. The summed E-state index contributed by atoms with van der Waals surface area (Å²) in [4.78, 5) is 35.3. The molecule has 2 aliphatic rings. The Hall–Kier alpha value is -4.79. The number of rotatable bonds is 12. The first kappa shape index (κ1) is 31.6. The van der Waals surface area contributed by atoms with Crippen molar-refractivity contribution in [2.75, 3.05) is 45.9 Å². The minimum absolute atomic E-state index is 0.123. The van der Waals surface area contributed by atoms with E-state index in [0.717, 1.165) is 33.8 Å². The predicted octanol–water partition coefficient (Wildman–Crippen LogP) is 6.45. The van der Waals surface area contributed by atoms with E-state index in [-0.39, 0.29) is 25.6 Å². The third-order valence-corrected chi connectivity index (χ3v) is 8.60. The summed E-state index contributed by atoms with van der Waals surface area (Å²) in [6.45, 7) is 7.08. The Kier molecular flexibility index (Phi) is 9.76. The van der Waals surface area contributed by atoms with Crippen LogP contribution in [0.2, 0.25) is 0 Å². The van der Waals surface area contributed by atoms with E-state index < -0.39 is 17.6 Å². The summed E-state index contributed by atoms with van der Waals surface area (Å²) < 4.78 is 23.2. The van der Waals surface area contributed by atoms with Crippen LogP contribution in [0.3, 0.4) is 0 Å². The quantitative estimate of drug-likeness (QED) is 0.172. The molecule has 0 saturated carbocycles. The van der Waals surface area contributed by atoms with E-state index in [4.69, 9.17) is 23.9 Å². The van der Waals surface area contributed by atoms with Crippen LogP contribution in [0.1, 0.15) is 42.9 Å². The molecule has 5 rings (SSSR count). The SMILES string of the molecule is C=CCN(C)c1ccc(C23CCN(C(=O)OCc4ccccc4)C(CCC(=O)OCC)C2=Nc2ccccc23)c(OC)c1OC. The summed E-state index contributed by atoms with van der Waals surface area (Å²) in [5.41, 5.74) is 4.51. The zero-order valence-electron chi connectivity index (χ0n) is 26.5. The van der Waals surface area contributed by atoms with E-state index in [9.17, 15) is 9.59 Å². The van der Waals surface area contributed by atoms with E-state index in [1.165, 1.54) is 0 Å². The lowest BCUT2D eigenvalue weighted by atomic mass is 9.64. The van der Waals surface area contributed by atoms with Crippen molar-refractivity contribution in [2.45, 2.75) is 44.2 Å². The van der Waals surface area contributed by atoms with Gasteiger partial charge >= 0.3 is 12.1 Å². The lowest BCUT2D eigenvalue weighted by Crippen LogP contribution is -2.58. The Morgan fingerprint density at radius 3 is 2.44 bits per heavy atom. The molecule has 0 aliphatic carbocycles. The molecule has 9 nitrogen and oxygen atoms in total. The molecule has 0 bridgehead atoms. The van der Waals surface area contributed by atoms with Crippen molar-refractivity contribution in [1.29, 1.82) is 0 Å². The van der Waals surface area contributed by atoms with Crippen LogP contribution < -0.4 is 14.4 Å². The maximum atomic E-state index is 13.7. The second kappa shape index (κ2) is 13.9. The molecular weight excluding hydrogens is 570 g/mol. The van der Waals surface area contributed by atoms with Gasteiger partial charge in [0.25, 0.3) is 0 Å². The Labute approximate surface area is 265 Å². The van der Waals surface area contributed by atoms with E-state index >= 15 is 0 Å². The highest BCUT2D eigenvalue weighted by atomic mass is 16.6. The molecule has 45 heavy (non-hydrogen) atoms. The van der Waals surface area contributed by atoms with Crippen LogP contribution in [-0.2, 0) is 26.3 Å². The van der Waals surface area contributed by atoms with Gasteiger partial charge in [-0.2, -0.15) is 0 Å². The second-order valence-corrected chi connectivity index (χ2v) is 11.1. The number of ether oxygens (including phenoxy) is 4. The number of esters is 1. The molecule has 2 heterocycles. The Morgan fingerprint density at radius 1 is 1.00 bits per heavy atom. The highest BCUT2D eigenvalue weighted by Gasteiger charge is 2.54. The van der Waals surface area contributed by atoms with Gasteiger partial charge in [-0.1, -0.05) is 60.7 Å². The number of likely N-dealkylation sites (N-methyl/N-ethyl adjacent to an activating group) is 1. The average molecular weight is 612 g/mol. The summed E-state index contributed by atoms with van der Waals surface area (Å²) in [6, 6.07) is 21.2. The molecule has 9 heteroatoms. The first-order valence-corrected chi connectivity index (χ1v) is 15.3. The van der Waals surface area contributed by atoms with Crippen molar-refractivity contribution in [1.82, 2.24) is 4.90 Å². The number of anilines is 1. The van der Waals surface area contributed by atoms with E-state index in [1.807, 2.05) is 72.6 Å². The first-order chi connectivity index (χ1) is 21.9. The number of amides is 1. The number of benzene rings is 3. The third-order valence-electron chi connectivity index (χ3n) is 8.60. The Bertz CT molecular complexity index is 1570. The summed E-state index contributed by atoms with van der Waals surface area (Å²) in [5, 5.41) is 0. The fraction of sp³-hybridized carbons (Fsp3) is 0.361. The van der Waals surface area contributed by atoms with Crippen molar-refractivity contribution in [3.05, 3.63) is 96.1 Å². The number of fused-ring (bicyclic) bond motifs is 3. The van der Waals surface area contributed by atoms with Gasteiger partial charge in [0.15, 0.2) is 11.5 Å². The zero-order chi connectivity index (χ0) is 32.0. The minimum Gasteiger partial charge on any atom is -0.492 e. The highest BCUT2D eigenvalue weighted by molar-refractivity contribution is 6.10. The largest absolute Gasteiger partial charge is 0.492 e. The normalized spacial score (nSPS) is 18.3. The zero-order valence-corrected chi connectivity index (χ0v) is 26.5. The van der Waals surface area contributed by atoms with Crippen LogP contribution in [-0.4, -0.2) is 69.7 Å². The van der Waals surface area contributed by atoms with Gasteiger partial charge in [0.05, 0.1) is 49.4 Å². The van der Waals surface area contributed by atoms with Crippen molar-refractivity contribution in [3.8, 4) is 11.5 Å². The summed E-state index contributed by atoms with van der Waals surface area (Å²) in [6.07, 6.45) is 2.36. The molecule has 2 unspecified atom stereocenters. The van der Waals surface area contributed by atoms with Gasteiger partial charge < -0.3 is 23.8 Å². The molecule has 0 aromatic heterocycles. The third kappa shape index (κ3) is 5.99. The fourth-order valence-corrected chi connectivity index (χ4v) is 6.61. The molecule has 236 valence electrons. The monoisotopic (exact) mass is 611 g/mol. The van der Waals surface area contributed by atoms with Gasteiger partial charge in [0, 0.05) is 32.1 Å². The van der Waals surface area contributed by atoms with Crippen LogP contribution in [0.5, 0.6) is 11.5 Å². The number of nitrogens with zero attached hydrogens (tertiary/aromatic N) is 3. The molecule has 2 aliphatic heterocycles. The number of piperidine rings is 1. The molecule has 2 atom stereocenters. The number of aliphatic imine (C=N–C) groups is 1. The lowest BCUT2D eigenvalue weighted by molar-refractivity contribution is -0.143. The molecule has 1 amide bonds. The molecule has 3 aromatic rings. The molecule has 1 saturated heterocycles. The van der Waals surface area contributed by atoms with Crippen LogP contribution in [0, 0.1) is 0 Å². The van der Waals surface area contributed by atoms with Crippen molar-refractivity contribution < 1.29 is 28.5 Å².